The van der Waals surface area contributed by atoms with Crippen LogP contribution in [0.15, 0.2) is 84.3 Å². The number of thioether (sulfide) groups is 1. The molecule has 0 saturated carbocycles. The van der Waals surface area contributed by atoms with Crippen LogP contribution in [0.25, 0.3) is 17.1 Å². The molecular formula is C24H19N5O2S. The minimum atomic E-state index is -0.220. The third kappa shape index (κ3) is 3.69. The van der Waals surface area contributed by atoms with Gasteiger partial charge in [0.15, 0.2) is 11.0 Å². The van der Waals surface area contributed by atoms with Gasteiger partial charge < -0.3 is 0 Å². The van der Waals surface area contributed by atoms with Gasteiger partial charge in [0.05, 0.1) is 11.1 Å². The van der Waals surface area contributed by atoms with Crippen molar-refractivity contribution in [2.45, 2.75) is 11.6 Å². The second-order valence-corrected chi connectivity index (χ2v) is 8.29. The standard InChI is InChI=1S/C24H19N5O2S/c30-22-19-11-4-5-12-20(19)23(31)28(22)14-7-15-32-24-27-26-21(17-8-6-13-25-16-17)29(24)18-9-2-1-3-10-18/h1-6,8-13,16H,7,14-15H2. The van der Waals surface area contributed by atoms with Crippen molar-refractivity contribution in [2.24, 2.45) is 0 Å². The van der Waals surface area contributed by atoms with Crippen LogP contribution in [0.5, 0.6) is 0 Å². The van der Waals surface area contributed by atoms with E-state index in [0.717, 1.165) is 16.4 Å². The molecule has 0 fully saturated rings. The molecule has 1 aliphatic rings. The van der Waals surface area contributed by atoms with Crippen LogP contribution in [0.4, 0.5) is 0 Å². The van der Waals surface area contributed by atoms with Crippen molar-refractivity contribution in [3.05, 3.63) is 90.3 Å². The summed E-state index contributed by atoms with van der Waals surface area (Å²) in [5, 5.41) is 9.55. The van der Waals surface area contributed by atoms with Crippen LogP contribution >= 0.6 is 11.8 Å². The zero-order valence-electron chi connectivity index (χ0n) is 17.1. The van der Waals surface area contributed by atoms with Crippen LogP contribution in [0, 0.1) is 0 Å². The Kier molecular flexibility index (Phi) is 5.51. The number of amides is 2. The van der Waals surface area contributed by atoms with Crippen LogP contribution in [0.1, 0.15) is 27.1 Å². The molecule has 4 aromatic rings. The second-order valence-electron chi connectivity index (χ2n) is 7.23. The highest BCUT2D eigenvalue weighted by atomic mass is 32.2. The Morgan fingerprint density at radius 2 is 1.53 bits per heavy atom. The molecular weight excluding hydrogens is 422 g/mol. The lowest BCUT2D eigenvalue weighted by molar-refractivity contribution is 0.0655. The van der Waals surface area contributed by atoms with E-state index in [1.165, 1.54) is 4.90 Å². The fourth-order valence-corrected chi connectivity index (χ4v) is 4.56. The van der Waals surface area contributed by atoms with Gasteiger partial charge in [-0.3, -0.25) is 24.0 Å². The number of hydrogen-bond donors (Lipinski definition) is 0. The van der Waals surface area contributed by atoms with Gasteiger partial charge in [-0.1, -0.05) is 42.1 Å². The number of hydrogen-bond acceptors (Lipinski definition) is 6. The molecule has 0 spiro atoms. The minimum Gasteiger partial charge on any atom is -0.274 e. The molecule has 3 heterocycles. The zero-order chi connectivity index (χ0) is 21.9. The number of imide groups is 1. The van der Waals surface area contributed by atoms with E-state index in [9.17, 15) is 9.59 Å². The summed E-state index contributed by atoms with van der Waals surface area (Å²) in [6, 6.07) is 20.7. The molecule has 0 bridgehead atoms. The molecule has 0 N–H and O–H groups in total. The lowest BCUT2D eigenvalue weighted by Gasteiger charge is -2.13. The summed E-state index contributed by atoms with van der Waals surface area (Å²) >= 11 is 1.55. The van der Waals surface area contributed by atoms with Crippen molar-refractivity contribution in [1.29, 1.82) is 0 Å². The third-order valence-electron chi connectivity index (χ3n) is 5.20. The predicted octanol–water partition coefficient (Wildman–Crippen LogP) is 4.11. The van der Waals surface area contributed by atoms with Gasteiger partial charge in [0.1, 0.15) is 0 Å². The molecule has 5 rings (SSSR count). The van der Waals surface area contributed by atoms with E-state index in [1.807, 2.05) is 47.0 Å². The molecule has 8 heteroatoms. The summed E-state index contributed by atoms with van der Waals surface area (Å²) in [5.41, 5.74) is 2.80. The first-order chi connectivity index (χ1) is 15.7. The Morgan fingerprint density at radius 1 is 0.812 bits per heavy atom. The molecule has 0 aliphatic carbocycles. The molecule has 7 nitrogen and oxygen atoms in total. The lowest BCUT2D eigenvalue weighted by atomic mass is 10.1. The fraction of sp³-hybridized carbons (Fsp3) is 0.125. The molecule has 2 amide bonds. The van der Waals surface area contributed by atoms with E-state index < -0.39 is 0 Å². The number of para-hydroxylation sites is 1. The summed E-state index contributed by atoms with van der Waals surface area (Å²) in [4.78, 5) is 30.6. The SMILES string of the molecule is O=C1c2ccccc2C(=O)N1CCCSc1nnc(-c2cccnc2)n1-c1ccccc1. The summed E-state index contributed by atoms with van der Waals surface area (Å²) in [6.07, 6.45) is 4.14. The fourth-order valence-electron chi connectivity index (χ4n) is 3.68. The summed E-state index contributed by atoms with van der Waals surface area (Å²) in [7, 11) is 0. The Labute approximate surface area is 189 Å². The van der Waals surface area contributed by atoms with Gasteiger partial charge in [-0.25, -0.2) is 0 Å². The van der Waals surface area contributed by atoms with E-state index >= 15 is 0 Å². The van der Waals surface area contributed by atoms with E-state index in [0.29, 0.717) is 35.7 Å². The molecule has 0 radical (unpaired) electrons. The average molecular weight is 442 g/mol. The normalized spacial score (nSPS) is 12.9. The first-order valence-corrected chi connectivity index (χ1v) is 11.2. The average Bonchev–Trinajstić information content (AvgIpc) is 3.38. The Balaban J connectivity index is 1.31. The molecule has 0 unspecified atom stereocenters. The highest BCUT2D eigenvalue weighted by molar-refractivity contribution is 7.99. The van der Waals surface area contributed by atoms with E-state index in [1.54, 1.807) is 48.4 Å². The summed E-state index contributed by atoms with van der Waals surface area (Å²) in [6.45, 7) is 0.369. The molecule has 2 aromatic carbocycles. The van der Waals surface area contributed by atoms with E-state index in [4.69, 9.17) is 0 Å². The number of fused-ring (bicyclic) bond motifs is 1. The smallest absolute Gasteiger partial charge is 0.261 e. The van der Waals surface area contributed by atoms with Gasteiger partial charge in [-0.15, -0.1) is 10.2 Å². The monoisotopic (exact) mass is 441 g/mol. The van der Waals surface area contributed by atoms with Crippen LogP contribution < -0.4 is 0 Å². The van der Waals surface area contributed by atoms with Crippen molar-refractivity contribution < 1.29 is 9.59 Å². The second kappa shape index (κ2) is 8.76. The number of benzene rings is 2. The van der Waals surface area contributed by atoms with Gasteiger partial charge >= 0.3 is 0 Å². The van der Waals surface area contributed by atoms with Gasteiger partial charge in [0.2, 0.25) is 0 Å². The molecule has 158 valence electrons. The zero-order valence-corrected chi connectivity index (χ0v) is 17.9. The molecule has 2 aromatic heterocycles. The largest absolute Gasteiger partial charge is 0.274 e. The topological polar surface area (TPSA) is 81.0 Å². The number of rotatable bonds is 7. The van der Waals surface area contributed by atoms with Gasteiger partial charge in [-0.05, 0) is 42.8 Å². The highest BCUT2D eigenvalue weighted by Crippen LogP contribution is 2.28. The van der Waals surface area contributed by atoms with Crippen molar-refractivity contribution in [3.63, 3.8) is 0 Å². The third-order valence-corrected chi connectivity index (χ3v) is 6.22. The van der Waals surface area contributed by atoms with Crippen LogP contribution in [-0.2, 0) is 0 Å². The van der Waals surface area contributed by atoms with Crippen LogP contribution in [0.2, 0.25) is 0 Å². The molecule has 32 heavy (non-hydrogen) atoms. The first-order valence-electron chi connectivity index (χ1n) is 10.2. The summed E-state index contributed by atoms with van der Waals surface area (Å²) in [5.74, 6) is 0.960. The molecule has 0 saturated heterocycles. The number of carbonyl (C=O) groups is 2. The Morgan fingerprint density at radius 3 is 2.22 bits per heavy atom. The maximum Gasteiger partial charge on any atom is 0.261 e. The highest BCUT2D eigenvalue weighted by Gasteiger charge is 2.34. The van der Waals surface area contributed by atoms with Crippen molar-refractivity contribution >= 4 is 23.6 Å². The van der Waals surface area contributed by atoms with Crippen LogP contribution in [0.3, 0.4) is 0 Å². The maximum absolute atomic E-state index is 12.5. The predicted molar refractivity (Wildman–Crippen MR) is 122 cm³/mol. The lowest BCUT2D eigenvalue weighted by Crippen LogP contribution is -2.31. The van der Waals surface area contributed by atoms with Gasteiger partial charge in [-0.2, -0.15) is 0 Å². The van der Waals surface area contributed by atoms with Crippen LogP contribution in [-0.4, -0.2) is 48.8 Å². The van der Waals surface area contributed by atoms with Gasteiger partial charge in [0, 0.05) is 35.9 Å². The number of pyridine rings is 1. The minimum absolute atomic E-state index is 0.220. The maximum atomic E-state index is 12.5. The summed E-state index contributed by atoms with van der Waals surface area (Å²) < 4.78 is 2.00. The molecule has 1 aliphatic heterocycles. The first kappa shape index (κ1) is 20.1. The Hall–Kier alpha value is -3.78. The molecule has 0 atom stereocenters. The van der Waals surface area contributed by atoms with E-state index in [-0.39, 0.29) is 11.8 Å². The number of carbonyl (C=O) groups excluding carboxylic acids is 2. The van der Waals surface area contributed by atoms with E-state index in [2.05, 4.69) is 15.2 Å². The van der Waals surface area contributed by atoms with Crippen molar-refractivity contribution in [2.75, 3.05) is 12.3 Å². The van der Waals surface area contributed by atoms with Gasteiger partial charge in [0.25, 0.3) is 11.8 Å². The number of aromatic nitrogens is 4. The Bertz CT molecular complexity index is 1240. The van der Waals surface area contributed by atoms with Crippen molar-refractivity contribution in [1.82, 2.24) is 24.6 Å². The van der Waals surface area contributed by atoms with Crippen molar-refractivity contribution in [3.8, 4) is 17.1 Å². The quantitative estimate of drug-likeness (QED) is 0.244. The number of nitrogens with zero attached hydrogens (tertiary/aromatic N) is 5.